The lowest BCUT2D eigenvalue weighted by Crippen LogP contribution is -2.23. The molecule has 7 nitrogen and oxygen atoms in total. The molecule has 3 aromatic rings. The van der Waals surface area contributed by atoms with Crippen LogP contribution in [0.25, 0.3) is 11.3 Å². The molecular formula is C23H22ClN3O4. The van der Waals surface area contributed by atoms with Crippen LogP contribution < -0.4 is 10.9 Å². The predicted octanol–water partition coefficient (Wildman–Crippen LogP) is 4.16. The van der Waals surface area contributed by atoms with Crippen molar-refractivity contribution in [1.29, 1.82) is 0 Å². The molecule has 0 bridgehead atoms. The van der Waals surface area contributed by atoms with E-state index in [0.29, 0.717) is 41.5 Å². The Balaban J connectivity index is 1.54. The van der Waals surface area contributed by atoms with Gasteiger partial charge in [0.25, 0.3) is 5.56 Å². The van der Waals surface area contributed by atoms with Gasteiger partial charge >= 0.3 is 5.97 Å². The zero-order valence-corrected chi connectivity index (χ0v) is 17.8. The van der Waals surface area contributed by atoms with Crippen molar-refractivity contribution < 1.29 is 14.3 Å². The van der Waals surface area contributed by atoms with Gasteiger partial charge < -0.3 is 10.1 Å². The van der Waals surface area contributed by atoms with Crippen molar-refractivity contribution in [1.82, 2.24) is 9.78 Å². The minimum atomic E-state index is -0.404. The summed E-state index contributed by atoms with van der Waals surface area (Å²) in [5, 5.41) is 7.78. The minimum Gasteiger partial charge on any atom is -0.462 e. The number of hydrogen-bond acceptors (Lipinski definition) is 5. The third kappa shape index (κ3) is 6.26. The summed E-state index contributed by atoms with van der Waals surface area (Å²) >= 11 is 5.91. The van der Waals surface area contributed by atoms with E-state index in [1.54, 1.807) is 49.4 Å². The molecule has 1 N–H and O–H groups in total. The van der Waals surface area contributed by atoms with Crippen molar-refractivity contribution in [3.8, 4) is 11.3 Å². The number of halogens is 1. The SMILES string of the molecule is CCOC(=O)c1ccc(NC(=O)CCCn2nc(-c3ccc(Cl)cc3)ccc2=O)cc1. The van der Waals surface area contributed by atoms with Gasteiger partial charge in [0.05, 0.1) is 17.9 Å². The highest BCUT2D eigenvalue weighted by atomic mass is 35.5. The van der Waals surface area contributed by atoms with Crippen LogP contribution >= 0.6 is 11.6 Å². The molecule has 0 radical (unpaired) electrons. The Morgan fingerprint density at radius 3 is 2.42 bits per heavy atom. The van der Waals surface area contributed by atoms with E-state index in [0.717, 1.165) is 5.56 Å². The summed E-state index contributed by atoms with van der Waals surface area (Å²) in [6.07, 6.45) is 0.669. The number of anilines is 1. The first-order chi connectivity index (χ1) is 15.0. The standard InChI is InChI=1S/C23H22ClN3O4/c1-2-31-23(30)17-7-11-19(12-8-17)25-21(28)4-3-15-27-22(29)14-13-20(26-27)16-5-9-18(24)10-6-16/h5-14H,2-4,15H2,1H3,(H,25,28). The molecule has 8 heteroatoms. The molecule has 0 unspecified atom stereocenters. The van der Waals surface area contributed by atoms with Crippen LogP contribution in [0, 0.1) is 0 Å². The smallest absolute Gasteiger partial charge is 0.338 e. The molecule has 2 aromatic carbocycles. The minimum absolute atomic E-state index is 0.189. The molecule has 0 atom stereocenters. The summed E-state index contributed by atoms with van der Waals surface area (Å²) in [6, 6.07) is 16.8. The molecule has 3 rings (SSSR count). The Kier molecular flexibility index (Phi) is 7.56. The van der Waals surface area contributed by atoms with Gasteiger partial charge in [-0.15, -0.1) is 0 Å². The number of aryl methyl sites for hydroxylation is 1. The van der Waals surface area contributed by atoms with E-state index in [-0.39, 0.29) is 17.9 Å². The molecule has 0 fully saturated rings. The lowest BCUT2D eigenvalue weighted by Gasteiger charge is -2.08. The van der Waals surface area contributed by atoms with E-state index >= 15 is 0 Å². The van der Waals surface area contributed by atoms with E-state index in [1.165, 1.54) is 10.7 Å². The number of ether oxygens (including phenoxy) is 1. The molecule has 0 aliphatic rings. The third-order valence-corrected chi connectivity index (χ3v) is 4.71. The lowest BCUT2D eigenvalue weighted by atomic mass is 10.1. The molecule has 1 heterocycles. The highest BCUT2D eigenvalue weighted by Crippen LogP contribution is 2.18. The lowest BCUT2D eigenvalue weighted by molar-refractivity contribution is -0.116. The fourth-order valence-corrected chi connectivity index (χ4v) is 3.03. The van der Waals surface area contributed by atoms with Crippen LogP contribution in [-0.4, -0.2) is 28.3 Å². The fraction of sp³-hybridized carbons (Fsp3) is 0.217. The highest BCUT2D eigenvalue weighted by molar-refractivity contribution is 6.30. The average molecular weight is 440 g/mol. The van der Waals surface area contributed by atoms with Gasteiger partial charge in [-0.25, -0.2) is 9.48 Å². The van der Waals surface area contributed by atoms with Crippen molar-refractivity contribution in [2.75, 3.05) is 11.9 Å². The second kappa shape index (κ2) is 10.5. The number of nitrogens with one attached hydrogen (secondary N) is 1. The van der Waals surface area contributed by atoms with Gasteiger partial charge in [-0.1, -0.05) is 23.7 Å². The summed E-state index contributed by atoms with van der Waals surface area (Å²) in [6.45, 7) is 2.36. The van der Waals surface area contributed by atoms with Crippen molar-refractivity contribution in [2.45, 2.75) is 26.3 Å². The zero-order chi connectivity index (χ0) is 22.2. The second-order valence-electron chi connectivity index (χ2n) is 6.74. The van der Waals surface area contributed by atoms with Crippen LogP contribution in [0.2, 0.25) is 5.02 Å². The van der Waals surface area contributed by atoms with Gasteiger partial charge in [-0.2, -0.15) is 5.10 Å². The Morgan fingerprint density at radius 1 is 1.03 bits per heavy atom. The van der Waals surface area contributed by atoms with Crippen LogP contribution in [0.4, 0.5) is 5.69 Å². The fourth-order valence-electron chi connectivity index (χ4n) is 2.90. The van der Waals surface area contributed by atoms with Crippen LogP contribution in [0.3, 0.4) is 0 Å². The van der Waals surface area contributed by atoms with E-state index in [2.05, 4.69) is 10.4 Å². The maximum absolute atomic E-state index is 12.2. The van der Waals surface area contributed by atoms with Crippen molar-refractivity contribution in [2.24, 2.45) is 0 Å². The Bertz CT molecular complexity index is 1110. The maximum Gasteiger partial charge on any atom is 0.338 e. The molecule has 1 aromatic heterocycles. The molecule has 1 amide bonds. The van der Waals surface area contributed by atoms with Gasteiger partial charge in [0.2, 0.25) is 5.91 Å². The first-order valence-electron chi connectivity index (χ1n) is 9.87. The number of carbonyl (C=O) groups is 2. The molecule has 0 saturated heterocycles. The molecule has 160 valence electrons. The summed E-state index contributed by atoms with van der Waals surface area (Å²) < 4.78 is 6.28. The van der Waals surface area contributed by atoms with E-state index in [4.69, 9.17) is 16.3 Å². The van der Waals surface area contributed by atoms with Gasteiger partial charge in [-0.3, -0.25) is 9.59 Å². The number of benzene rings is 2. The number of aromatic nitrogens is 2. The third-order valence-electron chi connectivity index (χ3n) is 4.46. The van der Waals surface area contributed by atoms with Gasteiger partial charge in [0.15, 0.2) is 0 Å². The summed E-state index contributed by atoms with van der Waals surface area (Å²) in [5.41, 5.74) is 2.28. The van der Waals surface area contributed by atoms with Crippen LogP contribution in [-0.2, 0) is 16.1 Å². The van der Waals surface area contributed by atoms with E-state index < -0.39 is 5.97 Å². The quantitative estimate of drug-likeness (QED) is 0.532. The number of hydrogen-bond donors (Lipinski definition) is 1. The average Bonchev–Trinajstić information content (AvgIpc) is 2.76. The van der Waals surface area contributed by atoms with Gasteiger partial charge in [0, 0.05) is 35.3 Å². The molecule has 0 aliphatic heterocycles. The predicted molar refractivity (Wildman–Crippen MR) is 119 cm³/mol. The largest absolute Gasteiger partial charge is 0.462 e. The van der Waals surface area contributed by atoms with Gasteiger partial charge in [0.1, 0.15) is 0 Å². The van der Waals surface area contributed by atoms with E-state index in [9.17, 15) is 14.4 Å². The Morgan fingerprint density at radius 2 is 1.74 bits per heavy atom. The van der Waals surface area contributed by atoms with Crippen molar-refractivity contribution in [3.05, 3.63) is 81.6 Å². The topological polar surface area (TPSA) is 90.3 Å². The molecule has 31 heavy (non-hydrogen) atoms. The summed E-state index contributed by atoms with van der Waals surface area (Å²) in [5.74, 6) is -0.593. The van der Waals surface area contributed by atoms with Crippen LogP contribution in [0.5, 0.6) is 0 Å². The normalized spacial score (nSPS) is 10.5. The van der Waals surface area contributed by atoms with Crippen molar-refractivity contribution in [3.63, 3.8) is 0 Å². The molecular weight excluding hydrogens is 418 g/mol. The first kappa shape index (κ1) is 22.2. The number of amides is 1. The Labute approximate surface area is 184 Å². The maximum atomic E-state index is 12.2. The summed E-state index contributed by atoms with van der Waals surface area (Å²) in [4.78, 5) is 36.0. The molecule has 0 spiro atoms. The van der Waals surface area contributed by atoms with Crippen molar-refractivity contribution >= 4 is 29.2 Å². The number of nitrogens with zero attached hydrogens (tertiary/aromatic N) is 2. The number of esters is 1. The highest BCUT2D eigenvalue weighted by Gasteiger charge is 2.08. The van der Waals surface area contributed by atoms with Crippen LogP contribution in [0.1, 0.15) is 30.1 Å². The first-order valence-corrected chi connectivity index (χ1v) is 10.2. The molecule has 0 aliphatic carbocycles. The Hall–Kier alpha value is -3.45. The zero-order valence-electron chi connectivity index (χ0n) is 17.0. The van der Waals surface area contributed by atoms with E-state index in [1.807, 2.05) is 12.1 Å². The second-order valence-corrected chi connectivity index (χ2v) is 7.17. The molecule has 0 saturated carbocycles. The monoisotopic (exact) mass is 439 g/mol. The summed E-state index contributed by atoms with van der Waals surface area (Å²) in [7, 11) is 0. The number of rotatable bonds is 8. The van der Waals surface area contributed by atoms with Crippen LogP contribution in [0.15, 0.2) is 65.5 Å². The number of carbonyl (C=O) groups excluding carboxylic acids is 2. The van der Waals surface area contributed by atoms with Gasteiger partial charge in [-0.05, 0) is 55.8 Å².